The number of amides is 1. The Kier molecular flexibility index (Phi) is 6.87. The van der Waals surface area contributed by atoms with E-state index in [1.165, 1.54) is 10.5 Å². The van der Waals surface area contributed by atoms with E-state index in [1.54, 1.807) is 4.90 Å². The van der Waals surface area contributed by atoms with Gasteiger partial charge in [0.15, 0.2) is 0 Å². The van der Waals surface area contributed by atoms with Gasteiger partial charge in [0.25, 0.3) is 0 Å². The van der Waals surface area contributed by atoms with Crippen molar-refractivity contribution < 1.29 is 24.3 Å². The number of aliphatic hydroxyl groups excluding tert-OH is 1. The molecule has 24 heavy (non-hydrogen) atoms. The van der Waals surface area contributed by atoms with Crippen LogP contribution in [0.5, 0.6) is 5.75 Å². The van der Waals surface area contributed by atoms with Crippen molar-refractivity contribution in [1.29, 1.82) is 0 Å². The van der Waals surface area contributed by atoms with Crippen LogP contribution >= 0.6 is 0 Å². The van der Waals surface area contributed by atoms with Gasteiger partial charge in [-0.3, -0.25) is 4.90 Å². The number of piperazine rings is 1. The summed E-state index contributed by atoms with van der Waals surface area (Å²) in [7, 11) is 0. The number of aliphatic hydroxyl groups is 1. The number of nitrogens with one attached hydrogen (secondary N) is 1. The van der Waals surface area contributed by atoms with Gasteiger partial charge in [-0.1, -0.05) is 17.7 Å². The summed E-state index contributed by atoms with van der Waals surface area (Å²) in [5.74, 6) is 0.821. The van der Waals surface area contributed by atoms with Crippen LogP contribution in [0.2, 0.25) is 0 Å². The van der Waals surface area contributed by atoms with Gasteiger partial charge >= 0.3 is 6.09 Å². The molecule has 1 fully saturated rings. The summed E-state index contributed by atoms with van der Waals surface area (Å²) in [6.45, 7) is 10.2. The van der Waals surface area contributed by atoms with Gasteiger partial charge in [-0.25, -0.2) is 4.79 Å². The van der Waals surface area contributed by atoms with Gasteiger partial charge in [0, 0.05) is 0 Å². The van der Waals surface area contributed by atoms with Crippen LogP contribution in [0.15, 0.2) is 18.2 Å². The molecule has 1 aromatic rings. The molecule has 2 rings (SSSR count). The van der Waals surface area contributed by atoms with E-state index in [1.807, 2.05) is 32.9 Å². The van der Waals surface area contributed by atoms with Crippen LogP contribution in [0.25, 0.3) is 0 Å². The summed E-state index contributed by atoms with van der Waals surface area (Å²) < 4.78 is 10.8. The molecule has 6 heteroatoms. The minimum absolute atomic E-state index is 0.240. The Morgan fingerprint density at radius 3 is 2.67 bits per heavy atom. The van der Waals surface area contributed by atoms with Gasteiger partial charge in [0.05, 0.1) is 32.8 Å². The van der Waals surface area contributed by atoms with E-state index < -0.39 is 6.10 Å². The minimum Gasteiger partial charge on any atom is -0.490 e. The second-order valence-electron chi connectivity index (χ2n) is 6.37. The lowest BCUT2D eigenvalue weighted by Crippen LogP contribution is -3.16. The first-order valence-corrected chi connectivity index (χ1v) is 8.63. The van der Waals surface area contributed by atoms with Crippen molar-refractivity contribution in [3.05, 3.63) is 29.3 Å². The zero-order chi connectivity index (χ0) is 17.5. The fourth-order valence-electron chi connectivity index (χ4n) is 2.96. The van der Waals surface area contributed by atoms with E-state index in [0.29, 0.717) is 26.2 Å². The molecular formula is C18H29N2O4+. The number of rotatable bonds is 6. The lowest BCUT2D eigenvalue weighted by Gasteiger charge is -2.32. The van der Waals surface area contributed by atoms with Gasteiger partial charge in [0.1, 0.15) is 25.0 Å². The third-order valence-corrected chi connectivity index (χ3v) is 4.28. The molecule has 0 spiro atoms. The highest BCUT2D eigenvalue weighted by atomic mass is 16.6. The molecule has 0 radical (unpaired) electrons. The Labute approximate surface area is 144 Å². The summed E-state index contributed by atoms with van der Waals surface area (Å²) in [4.78, 5) is 14.7. The van der Waals surface area contributed by atoms with Crippen LogP contribution in [-0.4, -0.2) is 68.1 Å². The molecule has 1 aliphatic heterocycles. The topological polar surface area (TPSA) is 63.4 Å². The zero-order valence-electron chi connectivity index (χ0n) is 14.9. The number of hydrogen-bond acceptors (Lipinski definition) is 4. The van der Waals surface area contributed by atoms with Crippen molar-refractivity contribution >= 4 is 6.09 Å². The molecule has 134 valence electrons. The molecule has 1 aliphatic rings. The minimum atomic E-state index is -0.519. The van der Waals surface area contributed by atoms with Crippen LogP contribution in [0.1, 0.15) is 18.1 Å². The molecule has 1 aromatic carbocycles. The number of aryl methyl sites for hydroxylation is 2. The number of carbonyl (C=O) groups excluding carboxylic acids is 1. The second kappa shape index (κ2) is 8.89. The molecule has 1 atom stereocenters. The number of nitrogens with zero attached hydrogens (tertiary/aromatic N) is 1. The molecule has 0 unspecified atom stereocenters. The smallest absolute Gasteiger partial charge is 0.410 e. The van der Waals surface area contributed by atoms with Crippen LogP contribution in [0.3, 0.4) is 0 Å². The van der Waals surface area contributed by atoms with Gasteiger partial charge < -0.3 is 19.5 Å². The molecule has 0 aliphatic carbocycles. The maximum Gasteiger partial charge on any atom is 0.410 e. The summed E-state index contributed by atoms with van der Waals surface area (Å²) in [6, 6.07) is 6.03. The van der Waals surface area contributed by atoms with E-state index in [-0.39, 0.29) is 12.7 Å². The maximum atomic E-state index is 11.7. The Morgan fingerprint density at radius 2 is 2.04 bits per heavy atom. The summed E-state index contributed by atoms with van der Waals surface area (Å²) >= 11 is 0. The molecule has 0 aromatic heterocycles. The lowest BCUT2D eigenvalue weighted by molar-refractivity contribution is -0.907. The molecule has 0 bridgehead atoms. The van der Waals surface area contributed by atoms with Crippen molar-refractivity contribution in [2.45, 2.75) is 26.9 Å². The van der Waals surface area contributed by atoms with Crippen molar-refractivity contribution in [3.63, 3.8) is 0 Å². The monoisotopic (exact) mass is 337 g/mol. The number of carbonyl (C=O) groups is 1. The zero-order valence-corrected chi connectivity index (χ0v) is 14.9. The average Bonchev–Trinajstić information content (AvgIpc) is 2.55. The number of benzene rings is 1. The van der Waals surface area contributed by atoms with Crippen molar-refractivity contribution in [3.8, 4) is 5.75 Å². The molecule has 2 N–H and O–H groups in total. The maximum absolute atomic E-state index is 11.7. The molecule has 6 nitrogen and oxygen atoms in total. The van der Waals surface area contributed by atoms with Gasteiger partial charge in [-0.15, -0.1) is 0 Å². The Balaban J connectivity index is 1.71. The van der Waals surface area contributed by atoms with E-state index in [2.05, 4.69) is 6.07 Å². The van der Waals surface area contributed by atoms with Crippen LogP contribution in [0.4, 0.5) is 4.79 Å². The first-order chi connectivity index (χ1) is 11.5. The highest BCUT2D eigenvalue weighted by Crippen LogP contribution is 2.18. The fourth-order valence-corrected chi connectivity index (χ4v) is 2.96. The third kappa shape index (κ3) is 5.39. The van der Waals surface area contributed by atoms with E-state index >= 15 is 0 Å². The van der Waals surface area contributed by atoms with Crippen LogP contribution in [-0.2, 0) is 4.74 Å². The van der Waals surface area contributed by atoms with Crippen LogP contribution in [0, 0.1) is 13.8 Å². The first kappa shape index (κ1) is 18.5. The number of hydrogen-bond donors (Lipinski definition) is 2. The Bertz CT molecular complexity index is 542. The lowest BCUT2D eigenvalue weighted by atomic mass is 10.1. The molecular weight excluding hydrogens is 308 g/mol. The molecule has 1 heterocycles. The van der Waals surface area contributed by atoms with Crippen molar-refractivity contribution in [2.75, 3.05) is 45.9 Å². The summed E-state index contributed by atoms with van der Waals surface area (Å²) in [5, 5.41) is 10.2. The largest absolute Gasteiger partial charge is 0.490 e. The van der Waals surface area contributed by atoms with E-state index in [9.17, 15) is 9.90 Å². The van der Waals surface area contributed by atoms with Crippen molar-refractivity contribution in [1.82, 2.24) is 4.90 Å². The van der Waals surface area contributed by atoms with Crippen LogP contribution < -0.4 is 9.64 Å². The van der Waals surface area contributed by atoms with E-state index in [0.717, 1.165) is 24.4 Å². The Morgan fingerprint density at radius 1 is 1.33 bits per heavy atom. The third-order valence-electron chi connectivity index (χ3n) is 4.28. The van der Waals surface area contributed by atoms with Gasteiger partial charge in [-0.05, 0) is 32.4 Å². The summed E-state index contributed by atoms with van der Waals surface area (Å²) in [5.41, 5.74) is 2.28. The highest BCUT2D eigenvalue weighted by Gasteiger charge is 2.26. The Hall–Kier alpha value is -1.79. The van der Waals surface area contributed by atoms with Crippen molar-refractivity contribution in [2.24, 2.45) is 0 Å². The second-order valence-corrected chi connectivity index (χ2v) is 6.37. The predicted molar refractivity (Wildman–Crippen MR) is 91.6 cm³/mol. The normalized spacial score (nSPS) is 16.8. The van der Waals surface area contributed by atoms with Gasteiger partial charge in [-0.2, -0.15) is 0 Å². The SMILES string of the molecule is CCOC(=O)N1CC[NH+](C[C@H](O)COc2ccc(C)cc2C)CC1. The van der Waals surface area contributed by atoms with E-state index in [4.69, 9.17) is 9.47 Å². The average molecular weight is 337 g/mol. The fraction of sp³-hybridized carbons (Fsp3) is 0.611. The quantitative estimate of drug-likeness (QED) is 0.789. The highest BCUT2D eigenvalue weighted by molar-refractivity contribution is 5.67. The summed E-state index contributed by atoms with van der Waals surface area (Å²) in [6.07, 6.45) is -0.759. The number of ether oxygens (including phenoxy) is 2. The van der Waals surface area contributed by atoms with Gasteiger partial charge in [0.2, 0.25) is 0 Å². The predicted octanol–water partition coefficient (Wildman–Crippen LogP) is 0.400. The molecule has 0 saturated carbocycles. The number of quaternary nitrogens is 1. The first-order valence-electron chi connectivity index (χ1n) is 8.63. The molecule has 1 saturated heterocycles. The standard InChI is InChI=1S/C18H28N2O4/c1-4-23-18(22)20-9-7-19(8-10-20)12-16(21)13-24-17-6-5-14(2)11-15(17)3/h5-6,11,16,21H,4,7-10,12-13H2,1-3H3/p+1/t16-/m0/s1. The molecule has 1 amide bonds.